The maximum atomic E-state index is 11.1. The maximum Gasteiger partial charge on any atom is 0.280 e. The lowest BCUT2D eigenvalue weighted by atomic mass is 10.1. The molecule has 26 heavy (non-hydrogen) atoms. The van der Waals surface area contributed by atoms with Crippen LogP contribution in [0.15, 0.2) is 63.9 Å². The van der Waals surface area contributed by atoms with Gasteiger partial charge in [-0.15, -0.1) is 12.4 Å². The highest BCUT2D eigenvalue weighted by Crippen LogP contribution is 2.22. The van der Waals surface area contributed by atoms with Crippen LogP contribution in [-0.4, -0.2) is 25.4 Å². The van der Waals surface area contributed by atoms with Crippen molar-refractivity contribution in [3.8, 4) is 17.1 Å². The van der Waals surface area contributed by atoms with Crippen molar-refractivity contribution in [2.45, 2.75) is 19.4 Å². The van der Waals surface area contributed by atoms with Crippen molar-refractivity contribution in [1.82, 2.24) is 5.16 Å². The van der Waals surface area contributed by atoms with Crippen molar-refractivity contribution >= 4 is 18.1 Å². The zero-order valence-electron chi connectivity index (χ0n) is 15.1. The number of hydrogen-bond donors (Lipinski definition) is 1. The molecule has 5 nitrogen and oxygen atoms in total. The number of H-pyrrole nitrogens is 1. The molecule has 6 heteroatoms. The van der Waals surface area contributed by atoms with E-state index in [-0.39, 0.29) is 24.1 Å². The van der Waals surface area contributed by atoms with Crippen molar-refractivity contribution in [3.63, 3.8) is 0 Å². The Morgan fingerprint density at radius 3 is 2.46 bits per heavy atom. The highest BCUT2D eigenvalue weighted by atomic mass is 35.5. The minimum Gasteiger partial charge on any atom is -0.490 e. The van der Waals surface area contributed by atoms with Crippen molar-refractivity contribution < 1.29 is 9.26 Å². The average Bonchev–Trinajstić information content (AvgIpc) is 3.02. The van der Waals surface area contributed by atoms with Crippen LogP contribution in [-0.2, 0) is 6.42 Å². The highest BCUT2D eigenvalue weighted by Gasteiger charge is 2.08. The van der Waals surface area contributed by atoms with Gasteiger partial charge in [0.2, 0.25) is 0 Å². The first-order valence-corrected chi connectivity index (χ1v) is 8.23. The molecule has 1 unspecified atom stereocenters. The van der Waals surface area contributed by atoms with Gasteiger partial charge >= 0.3 is 0 Å². The van der Waals surface area contributed by atoms with Gasteiger partial charge in [-0.1, -0.05) is 12.1 Å². The summed E-state index contributed by atoms with van der Waals surface area (Å²) in [5.41, 5.74) is 3.01. The van der Waals surface area contributed by atoms with Crippen LogP contribution in [0.4, 0.5) is 5.69 Å². The van der Waals surface area contributed by atoms with E-state index in [1.807, 2.05) is 38.4 Å². The lowest BCUT2D eigenvalue weighted by Crippen LogP contribution is -2.15. The van der Waals surface area contributed by atoms with Gasteiger partial charge in [0.1, 0.15) is 5.75 Å². The third-order valence-corrected chi connectivity index (χ3v) is 3.95. The van der Waals surface area contributed by atoms with E-state index in [4.69, 9.17) is 9.26 Å². The summed E-state index contributed by atoms with van der Waals surface area (Å²) in [6.45, 7) is 2.06. The molecule has 0 fully saturated rings. The Balaban J connectivity index is 0.00000243. The van der Waals surface area contributed by atoms with Crippen molar-refractivity contribution in [2.24, 2.45) is 0 Å². The topological polar surface area (TPSA) is 58.5 Å². The Labute approximate surface area is 159 Å². The molecule has 0 radical (unpaired) electrons. The number of ether oxygens (including phenoxy) is 1. The number of benzene rings is 2. The Kier molecular flexibility index (Phi) is 6.52. The van der Waals surface area contributed by atoms with E-state index in [2.05, 4.69) is 41.2 Å². The lowest BCUT2D eigenvalue weighted by molar-refractivity contribution is 0.222. The fraction of sp³-hybridized carbons (Fsp3) is 0.250. The van der Waals surface area contributed by atoms with E-state index < -0.39 is 0 Å². The molecule has 0 saturated carbocycles. The molecule has 0 amide bonds. The largest absolute Gasteiger partial charge is 0.490 e. The van der Waals surface area contributed by atoms with Gasteiger partial charge in [-0.25, -0.2) is 0 Å². The lowest BCUT2D eigenvalue weighted by Gasteiger charge is -2.17. The molecule has 1 aromatic heterocycles. The van der Waals surface area contributed by atoms with Crippen LogP contribution in [0.2, 0.25) is 0 Å². The van der Waals surface area contributed by atoms with Crippen molar-refractivity contribution in [3.05, 3.63) is 70.5 Å². The Morgan fingerprint density at radius 2 is 1.85 bits per heavy atom. The number of halogens is 1. The standard InChI is InChI=1S/C20H22N2O3.ClH/c1-14(11-15-5-4-6-17(12-15)22(2)3)24-18-9-7-16(8-10-18)19-13-20(23)21-25-19;/h4-10,12-14H,11H2,1-3H3,(H,21,23);1H. The van der Waals surface area contributed by atoms with Crippen LogP contribution in [0.1, 0.15) is 12.5 Å². The maximum absolute atomic E-state index is 11.1. The quantitative estimate of drug-likeness (QED) is 0.704. The summed E-state index contributed by atoms with van der Waals surface area (Å²) in [6, 6.07) is 17.4. The van der Waals surface area contributed by atoms with Crippen LogP contribution >= 0.6 is 12.4 Å². The van der Waals surface area contributed by atoms with Gasteiger partial charge in [-0.05, 0) is 48.9 Å². The molecule has 138 valence electrons. The number of anilines is 1. The molecule has 1 N–H and O–H groups in total. The molecular weight excluding hydrogens is 352 g/mol. The smallest absolute Gasteiger partial charge is 0.280 e. The molecule has 0 spiro atoms. The SMILES string of the molecule is CC(Cc1cccc(N(C)C)c1)Oc1ccc(-c2cc(=O)[nH]o2)cc1.Cl. The molecular formula is C20H23ClN2O3. The average molecular weight is 375 g/mol. The fourth-order valence-corrected chi connectivity index (χ4v) is 2.69. The molecule has 2 aromatic carbocycles. The third kappa shape index (κ3) is 4.92. The van der Waals surface area contributed by atoms with Gasteiger partial charge in [0, 0.05) is 31.8 Å². The Hall–Kier alpha value is -2.66. The van der Waals surface area contributed by atoms with Gasteiger partial charge < -0.3 is 14.2 Å². The number of hydrogen-bond acceptors (Lipinski definition) is 4. The van der Waals surface area contributed by atoms with E-state index in [1.54, 1.807) is 0 Å². The summed E-state index contributed by atoms with van der Waals surface area (Å²) in [4.78, 5) is 13.2. The predicted molar refractivity (Wildman–Crippen MR) is 107 cm³/mol. The van der Waals surface area contributed by atoms with E-state index in [1.165, 1.54) is 17.3 Å². The van der Waals surface area contributed by atoms with Crippen LogP contribution in [0.25, 0.3) is 11.3 Å². The van der Waals surface area contributed by atoms with Crippen molar-refractivity contribution in [1.29, 1.82) is 0 Å². The molecule has 0 aliphatic rings. The van der Waals surface area contributed by atoms with E-state index in [0.717, 1.165) is 17.7 Å². The second-order valence-electron chi connectivity index (χ2n) is 6.30. The Morgan fingerprint density at radius 1 is 1.12 bits per heavy atom. The second kappa shape index (κ2) is 8.63. The third-order valence-electron chi connectivity index (χ3n) is 3.95. The highest BCUT2D eigenvalue weighted by molar-refractivity contribution is 5.85. The van der Waals surface area contributed by atoms with E-state index in [9.17, 15) is 4.79 Å². The summed E-state index contributed by atoms with van der Waals surface area (Å²) < 4.78 is 11.1. The first-order chi connectivity index (χ1) is 12.0. The Bertz CT molecular complexity index is 884. The van der Waals surface area contributed by atoms with Gasteiger partial charge in [-0.2, -0.15) is 5.16 Å². The van der Waals surface area contributed by atoms with Gasteiger partial charge in [0.05, 0.1) is 12.2 Å². The van der Waals surface area contributed by atoms with Crippen LogP contribution in [0.5, 0.6) is 5.75 Å². The molecule has 0 aliphatic heterocycles. The van der Waals surface area contributed by atoms with Crippen molar-refractivity contribution in [2.75, 3.05) is 19.0 Å². The summed E-state index contributed by atoms with van der Waals surface area (Å²) in [6.07, 6.45) is 0.879. The second-order valence-corrected chi connectivity index (χ2v) is 6.30. The number of aromatic nitrogens is 1. The number of nitrogens with one attached hydrogen (secondary N) is 1. The molecule has 3 aromatic rings. The van der Waals surface area contributed by atoms with Gasteiger partial charge in [0.15, 0.2) is 5.76 Å². The fourth-order valence-electron chi connectivity index (χ4n) is 2.69. The first-order valence-electron chi connectivity index (χ1n) is 8.23. The molecule has 1 atom stereocenters. The molecule has 3 rings (SSSR count). The van der Waals surface area contributed by atoms with Crippen LogP contribution in [0.3, 0.4) is 0 Å². The summed E-state index contributed by atoms with van der Waals surface area (Å²) in [5, 5.41) is 2.29. The molecule has 0 saturated heterocycles. The summed E-state index contributed by atoms with van der Waals surface area (Å²) in [7, 11) is 4.07. The van der Waals surface area contributed by atoms with Gasteiger partial charge in [0.25, 0.3) is 5.56 Å². The summed E-state index contributed by atoms with van der Waals surface area (Å²) >= 11 is 0. The first kappa shape index (κ1) is 19.7. The molecule has 0 bridgehead atoms. The number of nitrogens with zero attached hydrogens (tertiary/aromatic N) is 1. The van der Waals surface area contributed by atoms with E-state index >= 15 is 0 Å². The van der Waals surface area contributed by atoms with Crippen LogP contribution in [0, 0.1) is 0 Å². The van der Waals surface area contributed by atoms with Gasteiger partial charge in [-0.3, -0.25) is 4.79 Å². The van der Waals surface area contributed by atoms with Crippen LogP contribution < -0.4 is 15.2 Å². The normalized spacial score (nSPS) is 11.5. The number of aromatic amines is 1. The monoisotopic (exact) mass is 374 g/mol. The zero-order chi connectivity index (χ0) is 17.8. The minimum absolute atomic E-state index is 0. The van der Waals surface area contributed by atoms with E-state index in [0.29, 0.717) is 5.76 Å². The molecule has 0 aliphatic carbocycles. The molecule has 1 heterocycles. The minimum atomic E-state index is -0.246. The zero-order valence-corrected chi connectivity index (χ0v) is 15.9. The number of rotatable bonds is 6. The predicted octanol–water partition coefficient (Wildman–Crippen LogP) is 4.13. The summed E-state index contributed by atoms with van der Waals surface area (Å²) in [5.74, 6) is 1.31.